The summed E-state index contributed by atoms with van der Waals surface area (Å²) in [4.78, 5) is 9.55. The third-order valence-corrected chi connectivity index (χ3v) is 5.06. The summed E-state index contributed by atoms with van der Waals surface area (Å²) in [5.74, 6) is 2.66. The van der Waals surface area contributed by atoms with Crippen LogP contribution in [0.4, 0.5) is 5.82 Å². The van der Waals surface area contributed by atoms with Crippen LogP contribution in [0.1, 0.15) is 49.9 Å². The Morgan fingerprint density at radius 1 is 1.21 bits per heavy atom. The van der Waals surface area contributed by atoms with Crippen LogP contribution < -0.4 is 5.32 Å². The van der Waals surface area contributed by atoms with Crippen LogP contribution in [0.25, 0.3) is 16.8 Å². The molecule has 0 unspecified atom stereocenters. The summed E-state index contributed by atoms with van der Waals surface area (Å²) in [7, 11) is 1.92. The molecule has 0 saturated heterocycles. The molecule has 0 spiro atoms. The van der Waals surface area contributed by atoms with Crippen LogP contribution >= 0.6 is 0 Å². The van der Waals surface area contributed by atoms with Gasteiger partial charge in [0.05, 0.1) is 0 Å². The SMILES string of the molecule is CCCc1ccc(-c2nc(C3CCC3)n3ccnc(NC)c23)cc1. The van der Waals surface area contributed by atoms with Crippen molar-refractivity contribution < 1.29 is 0 Å². The average molecular weight is 320 g/mol. The van der Waals surface area contributed by atoms with Crippen LogP contribution in [-0.4, -0.2) is 21.4 Å². The Hall–Kier alpha value is -2.36. The predicted octanol–water partition coefficient (Wildman–Crippen LogP) is 4.66. The van der Waals surface area contributed by atoms with E-state index in [1.54, 1.807) is 0 Å². The summed E-state index contributed by atoms with van der Waals surface area (Å²) in [6.45, 7) is 2.21. The fourth-order valence-electron chi connectivity index (χ4n) is 3.52. The molecule has 0 bridgehead atoms. The minimum Gasteiger partial charge on any atom is -0.371 e. The first-order valence-electron chi connectivity index (χ1n) is 8.95. The van der Waals surface area contributed by atoms with E-state index >= 15 is 0 Å². The molecule has 2 aromatic heterocycles. The third-order valence-electron chi connectivity index (χ3n) is 5.06. The molecule has 4 nitrogen and oxygen atoms in total. The van der Waals surface area contributed by atoms with Crippen LogP contribution in [0, 0.1) is 0 Å². The molecule has 0 amide bonds. The minimum atomic E-state index is 0.581. The van der Waals surface area contributed by atoms with E-state index in [9.17, 15) is 0 Å². The molecule has 1 saturated carbocycles. The number of aromatic nitrogens is 3. The van der Waals surface area contributed by atoms with Gasteiger partial charge in [0.1, 0.15) is 17.0 Å². The van der Waals surface area contributed by atoms with Crippen molar-refractivity contribution in [3.63, 3.8) is 0 Å². The molecule has 1 fully saturated rings. The second kappa shape index (κ2) is 6.27. The maximum absolute atomic E-state index is 5.05. The van der Waals surface area contributed by atoms with E-state index in [0.29, 0.717) is 5.92 Å². The lowest BCUT2D eigenvalue weighted by atomic mass is 9.85. The van der Waals surface area contributed by atoms with Gasteiger partial charge in [-0.15, -0.1) is 0 Å². The third kappa shape index (κ3) is 2.46. The lowest BCUT2D eigenvalue weighted by Crippen LogP contribution is -2.12. The molecule has 4 rings (SSSR count). The maximum Gasteiger partial charge on any atom is 0.152 e. The Kier molecular flexibility index (Phi) is 3.97. The van der Waals surface area contributed by atoms with Crippen LogP contribution in [0.2, 0.25) is 0 Å². The molecule has 3 aromatic rings. The Labute approximate surface area is 143 Å². The topological polar surface area (TPSA) is 42.2 Å². The fourth-order valence-corrected chi connectivity index (χ4v) is 3.52. The van der Waals surface area contributed by atoms with Crippen LogP contribution in [0.15, 0.2) is 36.7 Å². The van der Waals surface area contributed by atoms with E-state index in [1.165, 1.54) is 42.6 Å². The number of nitrogens with zero attached hydrogens (tertiary/aromatic N) is 3. The highest BCUT2D eigenvalue weighted by molar-refractivity contribution is 5.86. The Balaban J connectivity index is 1.87. The van der Waals surface area contributed by atoms with Gasteiger partial charge in [-0.2, -0.15) is 0 Å². The van der Waals surface area contributed by atoms with Gasteiger partial charge in [-0.3, -0.25) is 4.40 Å². The average Bonchev–Trinajstić information content (AvgIpc) is 2.94. The maximum atomic E-state index is 5.05. The minimum absolute atomic E-state index is 0.581. The molecule has 4 heteroatoms. The standard InChI is InChI=1S/C20H24N4/c1-3-5-14-8-10-15(11-9-14)17-18-19(21-2)22-12-13-24(18)20(23-17)16-6-4-7-16/h8-13,16H,3-7H2,1-2H3,(H,21,22). The second-order valence-electron chi connectivity index (χ2n) is 6.64. The summed E-state index contributed by atoms with van der Waals surface area (Å²) < 4.78 is 2.23. The largest absolute Gasteiger partial charge is 0.371 e. The van der Waals surface area contributed by atoms with Gasteiger partial charge in [-0.1, -0.05) is 44.0 Å². The van der Waals surface area contributed by atoms with Gasteiger partial charge in [0.25, 0.3) is 0 Å². The highest BCUT2D eigenvalue weighted by Crippen LogP contribution is 2.39. The molecule has 1 aromatic carbocycles. The highest BCUT2D eigenvalue weighted by atomic mass is 15.1. The van der Waals surface area contributed by atoms with E-state index in [4.69, 9.17) is 4.98 Å². The Bertz CT molecular complexity index is 844. The van der Waals surface area contributed by atoms with Crippen LogP contribution in [0.5, 0.6) is 0 Å². The van der Waals surface area contributed by atoms with Crippen molar-refractivity contribution in [1.29, 1.82) is 0 Å². The first kappa shape index (κ1) is 15.2. The molecule has 1 aliphatic rings. The molecule has 124 valence electrons. The molecule has 1 N–H and O–H groups in total. The van der Waals surface area contributed by atoms with Gasteiger partial charge in [0.2, 0.25) is 0 Å². The molecule has 0 radical (unpaired) electrons. The Morgan fingerprint density at radius 2 is 2.00 bits per heavy atom. The lowest BCUT2D eigenvalue weighted by Gasteiger charge is -2.23. The molecular weight excluding hydrogens is 296 g/mol. The van der Waals surface area contributed by atoms with Crippen molar-refractivity contribution in [3.8, 4) is 11.3 Å². The molecule has 1 aliphatic carbocycles. The zero-order chi connectivity index (χ0) is 16.5. The zero-order valence-corrected chi connectivity index (χ0v) is 14.4. The molecule has 0 aliphatic heterocycles. The normalized spacial score (nSPS) is 14.8. The van der Waals surface area contributed by atoms with E-state index in [2.05, 4.69) is 45.9 Å². The molecule has 24 heavy (non-hydrogen) atoms. The first-order valence-corrected chi connectivity index (χ1v) is 8.95. The predicted molar refractivity (Wildman–Crippen MR) is 98.6 cm³/mol. The molecular formula is C20H24N4. The van der Waals surface area contributed by atoms with Crippen molar-refractivity contribution in [2.45, 2.75) is 44.9 Å². The number of nitrogens with one attached hydrogen (secondary N) is 1. The summed E-state index contributed by atoms with van der Waals surface area (Å²) in [5.41, 5.74) is 4.68. The summed E-state index contributed by atoms with van der Waals surface area (Å²) in [6.07, 6.45) is 10.00. The van der Waals surface area contributed by atoms with Gasteiger partial charge in [0, 0.05) is 30.9 Å². The lowest BCUT2D eigenvalue weighted by molar-refractivity contribution is 0.400. The van der Waals surface area contributed by atoms with Crippen LogP contribution in [-0.2, 0) is 6.42 Å². The molecule has 0 atom stereocenters. The number of imidazole rings is 1. The summed E-state index contributed by atoms with van der Waals surface area (Å²) in [6, 6.07) is 8.85. The van der Waals surface area contributed by atoms with E-state index in [-0.39, 0.29) is 0 Å². The Morgan fingerprint density at radius 3 is 2.62 bits per heavy atom. The van der Waals surface area contributed by atoms with Gasteiger partial charge in [-0.05, 0) is 24.8 Å². The number of rotatable bonds is 5. The highest BCUT2D eigenvalue weighted by Gasteiger charge is 2.26. The van der Waals surface area contributed by atoms with E-state index in [1.807, 2.05) is 19.4 Å². The quantitative estimate of drug-likeness (QED) is 0.743. The summed E-state index contributed by atoms with van der Waals surface area (Å²) in [5, 5.41) is 3.23. The smallest absolute Gasteiger partial charge is 0.152 e. The first-order chi connectivity index (χ1) is 11.8. The number of hydrogen-bond acceptors (Lipinski definition) is 3. The number of fused-ring (bicyclic) bond motifs is 1. The van der Waals surface area contributed by atoms with E-state index in [0.717, 1.165) is 23.4 Å². The number of hydrogen-bond donors (Lipinski definition) is 1. The summed E-state index contributed by atoms with van der Waals surface area (Å²) >= 11 is 0. The van der Waals surface area contributed by atoms with E-state index < -0.39 is 0 Å². The number of benzene rings is 1. The van der Waals surface area contributed by atoms with Crippen LogP contribution in [0.3, 0.4) is 0 Å². The monoisotopic (exact) mass is 320 g/mol. The van der Waals surface area contributed by atoms with Crippen molar-refractivity contribution in [1.82, 2.24) is 14.4 Å². The van der Waals surface area contributed by atoms with Gasteiger partial charge >= 0.3 is 0 Å². The number of aryl methyl sites for hydroxylation is 1. The van der Waals surface area contributed by atoms with Gasteiger partial charge < -0.3 is 5.32 Å². The van der Waals surface area contributed by atoms with Crippen molar-refractivity contribution in [2.24, 2.45) is 0 Å². The van der Waals surface area contributed by atoms with Gasteiger partial charge in [-0.25, -0.2) is 9.97 Å². The van der Waals surface area contributed by atoms with Crippen molar-refractivity contribution in [3.05, 3.63) is 48.0 Å². The zero-order valence-electron chi connectivity index (χ0n) is 14.4. The number of anilines is 1. The fraction of sp³-hybridized carbons (Fsp3) is 0.400. The molecule has 2 heterocycles. The van der Waals surface area contributed by atoms with Crippen molar-refractivity contribution >= 4 is 11.3 Å². The van der Waals surface area contributed by atoms with Gasteiger partial charge in [0.15, 0.2) is 5.82 Å². The van der Waals surface area contributed by atoms with Crippen molar-refractivity contribution in [2.75, 3.05) is 12.4 Å². The second-order valence-corrected chi connectivity index (χ2v) is 6.64.